The van der Waals surface area contributed by atoms with E-state index in [4.69, 9.17) is 0 Å². The number of halogens is 1. The zero-order valence-corrected chi connectivity index (χ0v) is 20.3. The van der Waals surface area contributed by atoms with Crippen molar-refractivity contribution in [3.63, 3.8) is 0 Å². The first-order valence-electron chi connectivity index (χ1n) is 12.1. The third-order valence-corrected chi connectivity index (χ3v) is 7.53. The molecule has 5 rings (SSSR count). The molecule has 1 aliphatic carbocycles. The van der Waals surface area contributed by atoms with Gasteiger partial charge in [0.05, 0.1) is 22.9 Å². The Labute approximate surface area is 208 Å². The number of carbonyl (C=O) groups excluding carboxylic acids is 1. The molecule has 1 atom stereocenters. The Bertz CT molecular complexity index is 1330. The van der Waals surface area contributed by atoms with Crippen molar-refractivity contribution in [3.05, 3.63) is 81.9 Å². The highest BCUT2D eigenvalue weighted by molar-refractivity contribution is 5.88. The predicted molar refractivity (Wildman–Crippen MR) is 129 cm³/mol. The number of benzene rings is 2. The van der Waals surface area contributed by atoms with Crippen LogP contribution in [0.4, 0.5) is 4.39 Å². The molecule has 1 fully saturated rings. The van der Waals surface area contributed by atoms with Gasteiger partial charge >= 0.3 is 5.97 Å². The van der Waals surface area contributed by atoms with Crippen LogP contribution in [0.1, 0.15) is 64.1 Å². The number of aliphatic hydroxyl groups is 1. The molecule has 1 amide bonds. The number of fused-ring (bicyclic) bond motifs is 1. The van der Waals surface area contributed by atoms with E-state index in [1.165, 1.54) is 12.1 Å². The Balaban J connectivity index is 1.19. The normalized spacial score (nSPS) is 22.0. The van der Waals surface area contributed by atoms with E-state index in [2.05, 4.69) is 10.3 Å². The minimum absolute atomic E-state index is 0.00452. The summed E-state index contributed by atoms with van der Waals surface area (Å²) in [6.07, 6.45) is 3.49. The fourth-order valence-corrected chi connectivity index (χ4v) is 5.48. The van der Waals surface area contributed by atoms with E-state index in [9.17, 15) is 24.2 Å². The number of hydrogen-bond donors (Lipinski definition) is 2. The van der Waals surface area contributed by atoms with Gasteiger partial charge in [-0.05, 0) is 79.6 Å². The predicted octanol–water partition coefficient (Wildman–Crippen LogP) is 3.30. The lowest BCUT2D eigenvalue weighted by Gasteiger charge is -2.44. The van der Waals surface area contributed by atoms with Crippen molar-refractivity contribution in [1.29, 1.82) is 0 Å². The molecule has 1 saturated carbocycles. The molecular formula is C27H29FN4O4. The Morgan fingerprint density at radius 2 is 1.97 bits per heavy atom. The van der Waals surface area contributed by atoms with Crippen LogP contribution in [0.5, 0.6) is 0 Å². The van der Waals surface area contributed by atoms with E-state index in [-0.39, 0.29) is 29.2 Å². The van der Waals surface area contributed by atoms with Crippen LogP contribution in [0.25, 0.3) is 0 Å². The highest BCUT2D eigenvalue weighted by Gasteiger charge is 2.48. The topological polar surface area (TPSA) is 109 Å². The van der Waals surface area contributed by atoms with Crippen molar-refractivity contribution in [2.45, 2.75) is 57.7 Å². The zero-order valence-electron chi connectivity index (χ0n) is 20.3. The lowest BCUT2D eigenvalue weighted by molar-refractivity contribution is -0.152. The van der Waals surface area contributed by atoms with Crippen LogP contribution in [0.2, 0.25) is 0 Å². The highest BCUT2D eigenvalue weighted by atomic mass is 19.1. The molecule has 3 aromatic rings. The van der Waals surface area contributed by atoms with Crippen molar-refractivity contribution in [2.24, 2.45) is 5.92 Å². The third-order valence-electron chi connectivity index (χ3n) is 7.53. The molecule has 1 aliphatic heterocycles. The van der Waals surface area contributed by atoms with Crippen LogP contribution < -0.4 is 0 Å². The van der Waals surface area contributed by atoms with E-state index < -0.39 is 11.6 Å². The SMILES string of the molecule is Cc1cc(F)ccc1[C@H](C)n1cc(CC2(O)CC(C(=O)N3CCc4ccc(C(=O)O)cc4C3)C2)nn1. The van der Waals surface area contributed by atoms with Gasteiger partial charge < -0.3 is 15.1 Å². The number of amides is 1. The summed E-state index contributed by atoms with van der Waals surface area (Å²) >= 11 is 0. The van der Waals surface area contributed by atoms with Gasteiger partial charge in [0.15, 0.2) is 0 Å². The van der Waals surface area contributed by atoms with Gasteiger partial charge in [-0.25, -0.2) is 13.9 Å². The molecule has 0 saturated heterocycles. The minimum Gasteiger partial charge on any atom is -0.478 e. The summed E-state index contributed by atoms with van der Waals surface area (Å²) < 4.78 is 15.2. The maximum Gasteiger partial charge on any atom is 0.335 e. The van der Waals surface area contributed by atoms with E-state index >= 15 is 0 Å². The molecule has 8 nitrogen and oxygen atoms in total. The van der Waals surface area contributed by atoms with Crippen molar-refractivity contribution < 1.29 is 24.2 Å². The molecule has 188 valence electrons. The van der Waals surface area contributed by atoms with E-state index in [1.54, 1.807) is 34.0 Å². The van der Waals surface area contributed by atoms with Crippen molar-refractivity contribution in [1.82, 2.24) is 19.9 Å². The summed E-state index contributed by atoms with van der Waals surface area (Å²) in [4.78, 5) is 26.2. The van der Waals surface area contributed by atoms with Gasteiger partial charge in [-0.1, -0.05) is 17.3 Å². The maximum absolute atomic E-state index is 13.5. The summed E-state index contributed by atoms with van der Waals surface area (Å²) in [5.74, 6) is -1.53. The van der Waals surface area contributed by atoms with Crippen LogP contribution in [-0.4, -0.2) is 54.1 Å². The smallest absolute Gasteiger partial charge is 0.335 e. The molecule has 1 aromatic heterocycles. The van der Waals surface area contributed by atoms with Crippen LogP contribution in [0.15, 0.2) is 42.6 Å². The summed E-state index contributed by atoms with van der Waals surface area (Å²) in [5, 5.41) is 28.7. The lowest BCUT2D eigenvalue weighted by Crippen LogP contribution is -2.53. The molecule has 2 aromatic carbocycles. The number of hydrogen-bond acceptors (Lipinski definition) is 5. The Morgan fingerprint density at radius 3 is 2.69 bits per heavy atom. The third kappa shape index (κ3) is 4.63. The van der Waals surface area contributed by atoms with Crippen LogP contribution in [0.3, 0.4) is 0 Å². The summed E-state index contributed by atoms with van der Waals surface area (Å²) in [6.45, 7) is 4.79. The Kier molecular flexibility index (Phi) is 6.12. The zero-order chi connectivity index (χ0) is 25.6. The molecule has 2 N–H and O–H groups in total. The van der Waals surface area contributed by atoms with Crippen LogP contribution in [-0.2, 0) is 24.2 Å². The summed E-state index contributed by atoms with van der Waals surface area (Å²) in [6, 6.07) is 9.60. The maximum atomic E-state index is 13.5. The minimum atomic E-state index is -1.01. The Morgan fingerprint density at radius 1 is 1.19 bits per heavy atom. The van der Waals surface area contributed by atoms with Crippen molar-refractivity contribution in [3.8, 4) is 0 Å². The average Bonchev–Trinajstić information content (AvgIpc) is 3.29. The Hall–Kier alpha value is -3.59. The standard InChI is InChI=1S/C27H29FN4O4/c1-16-9-22(28)5-6-24(16)17(2)32-15-23(29-30-32)13-27(36)11-21(12-27)25(33)31-8-7-18-3-4-19(26(34)35)10-20(18)14-31/h3-6,9-10,15,17,21,36H,7-8,11-14H2,1-2H3,(H,34,35)/t17-,21?,27?/m0/s1. The number of aromatic nitrogens is 3. The molecule has 9 heteroatoms. The molecule has 36 heavy (non-hydrogen) atoms. The molecule has 0 spiro atoms. The number of aromatic carboxylic acids is 1. The number of nitrogens with zero attached hydrogens (tertiary/aromatic N) is 4. The fraction of sp³-hybridized carbons (Fsp3) is 0.407. The van der Waals surface area contributed by atoms with Crippen LogP contribution >= 0.6 is 0 Å². The summed E-state index contributed by atoms with van der Waals surface area (Å²) in [7, 11) is 0. The molecular weight excluding hydrogens is 463 g/mol. The quantitative estimate of drug-likeness (QED) is 0.547. The first-order valence-corrected chi connectivity index (χ1v) is 12.1. The number of carboxylic acids is 1. The second kappa shape index (κ2) is 9.13. The monoisotopic (exact) mass is 492 g/mol. The second-order valence-corrected chi connectivity index (χ2v) is 10.2. The number of rotatable bonds is 6. The first kappa shape index (κ1) is 24.1. The van der Waals surface area contributed by atoms with Gasteiger partial charge in [-0.3, -0.25) is 4.79 Å². The lowest BCUT2D eigenvalue weighted by atomic mass is 9.68. The van der Waals surface area contributed by atoms with E-state index in [0.29, 0.717) is 44.5 Å². The molecule has 0 unspecified atom stereocenters. The fourth-order valence-electron chi connectivity index (χ4n) is 5.48. The second-order valence-electron chi connectivity index (χ2n) is 10.2. The van der Waals surface area contributed by atoms with Gasteiger partial charge in [0.25, 0.3) is 0 Å². The first-order chi connectivity index (χ1) is 17.1. The highest BCUT2D eigenvalue weighted by Crippen LogP contribution is 2.41. The molecule has 0 bridgehead atoms. The van der Waals surface area contributed by atoms with Crippen LogP contribution in [0, 0.1) is 18.7 Å². The number of aryl methyl sites for hydroxylation is 1. The average molecular weight is 493 g/mol. The van der Waals surface area contributed by atoms with Gasteiger partial charge in [0.2, 0.25) is 5.91 Å². The summed E-state index contributed by atoms with van der Waals surface area (Å²) in [5.41, 5.74) is 3.56. The number of carbonyl (C=O) groups is 2. The van der Waals surface area contributed by atoms with Crippen molar-refractivity contribution >= 4 is 11.9 Å². The van der Waals surface area contributed by atoms with Gasteiger partial charge in [-0.15, -0.1) is 5.10 Å². The van der Waals surface area contributed by atoms with E-state index in [1.807, 2.05) is 19.9 Å². The van der Waals surface area contributed by atoms with Crippen molar-refractivity contribution in [2.75, 3.05) is 6.54 Å². The van der Waals surface area contributed by atoms with Gasteiger partial charge in [0.1, 0.15) is 5.82 Å². The molecule has 2 aliphatic rings. The van der Waals surface area contributed by atoms with Gasteiger partial charge in [0, 0.05) is 31.6 Å². The molecule has 0 radical (unpaired) electrons. The largest absolute Gasteiger partial charge is 0.478 e. The van der Waals surface area contributed by atoms with Gasteiger partial charge in [-0.2, -0.15) is 0 Å². The number of carboxylic acid groups (broad SMARTS) is 1. The molecule has 2 heterocycles. The van der Waals surface area contributed by atoms with E-state index in [0.717, 1.165) is 22.3 Å².